The van der Waals surface area contributed by atoms with E-state index in [1.165, 1.54) is 5.56 Å². The van der Waals surface area contributed by atoms with Crippen LogP contribution in [0.2, 0.25) is 0 Å². The standard InChI is InChI=1S/3C9H10O/c1-2-5-8-6-3-4-7-9(8)10;1-2-4-8-5-3-6-9(10)7-8;1-2-3-8-4-6-9(10)7-5-8/h2-7,10H,1H3;2-3,5-7,10H,1,4H2;2,4-7,10H,1,3H2/b5-2-;;. The second kappa shape index (κ2) is 14.3. The molecule has 0 fully saturated rings. The lowest BCUT2D eigenvalue weighted by molar-refractivity contribution is 0.473. The zero-order valence-electron chi connectivity index (χ0n) is 17.4. The lowest BCUT2D eigenvalue weighted by Gasteiger charge is -1.95. The summed E-state index contributed by atoms with van der Waals surface area (Å²) < 4.78 is 0. The first kappa shape index (κ1) is 24.3. The molecule has 0 aliphatic rings. The topological polar surface area (TPSA) is 60.7 Å². The monoisotopic (exact) mass is 402 g/mol. The van der Waals surface area contributed by atoms with E-state index in [0.29, 0.717) is 17.2 Å². The van der Waals surface area contributed by atoms with Crippen molar-refractivity contribution in [3.05, 3.63) is 121 Å². The van der Waals surface area contributed by atoms with Crippen LogP contribution in [0.5, 0.6) is 17.2 Å². The van der Waals surface area contributed by atoms with Crippen LogP contribution < -0.4 is 0 Å². The Morgan fingerprint density at radius 1 is 0.700 bits per heavy atom. The summed E-state index contributed by atoms with van der Waals surface area (Å²) >= 11 is 0. The van der Waals surface area contributed by atoms with Crippen LogP contribution in [0.3, 0.4) is 0 Å². The predicted octanol–water partition coefficient (Wildman–Crippen LogP) is 6.67. The molecule has 0 amide bonds. The predicted molar refractivity (Wildman–Crippen MR) is 127 cm³/mol. The van der Waals surface area contributed by atoms with Crippen LogP contribution >= 0.6 is 0 Å². The maximum Gasteiger partial charge on any atom is 0.122 e. The maximum absolute atomic E-state index is 9.19. The van der Waals surface area contributed by atoms with Crippen LogP contribution in [0.25, 0.3) is 6.08 Å². The third kappa shape index (κ3) is 10.00. The van der Waals surface area contributed by atoms with Gasteiger partial charge in [0, 0.05) is 5.56 Å². The second-order valence-corrected chi connectivity index (χ2v) is 6.38. The summed E-state index contributed by atoms with van der Waals surface area (Å²) in [6.07, 6.45) is 9.10. The highest BCUT2D eigenvalue weighted by molar-refractivity contribution is 5.56. The van der Waals surface area contributed by atoms with Crippen molar-refractivity contribution in [2.24, 2.45) is 0 Å². The Labute approximate surface area is 179 Å². The lowest BCUT2D eigenvalue weighted by atomic mass is 10.1. The van der Waals surface area contributed by atoms with Crippen molar-refractivity contribution in [3.8, 4) is 17.2 Å². The molecule has 156 valence electrons. The fourth-order valence-corrected chi connectivity index (χ4v) is 2.46. The molecule has 3 N–H and O–H groups in total. The Kier molecular flexibility index (Phi) is 11.6. The maximum atomic E-state index is 9.19. The third-order valence-corrected chi connectivity index (χ3v) is 3.89. The van der Waals surface area contributed by atoms with Gasteiger partial charge in [-0.2, -0.15) is 0 Å². The first-order valence-electron chi connectivity index (χ1n) is 9.68. The molecule has 3 rings (SSSR count). The molecule has 0 bridgehead atoms. The minimum absolute atomic E-state index is 0.313. The van der Waals surface area contributed by atoms with Gasteiger partial charge in [0.15, 0.2) is 0 Å². The molecule has 3 heteroatoms. The first-order chi connectivity index (χ1) is 14.5. The normalized spacial score (nSPS) is 9.63. The molecule has 0 saturated carbocycles. The lowest BCUT2D eigenvalue weighted by Crippen LogP contribution is -1.77. The largest absolute Gasteiger partial charge is 0.508 e. The van der Waals surface area contributed by atoms with Gasteiger partial charge in [0.1, 0.15) is 17.2 Å². The number of hydrogen-bond acceptors (Lipinski definition) is 3. The van der Waals surface area contributed by atoms with Gasteiger partial charge in [-0.15, -0.1) is 13.2 Å². The smallest absolute Gasteiger partial charge is 0.122 e. The summed E-state index contributed by atoms with van der Waals surface area (Å²) in [5.41, 5.74) is 3.13. The Hall–Kier alpha value is -3.72. The van der Waals surface area contributed by atoms with Crippen LogP contribution in [-0.4, -0.2) is 15.3 Å². The van der Waals surface area contributed by atoms with Crippen LogP contribution in [0.4, 0.5) is 0 Å². The van der Waals surface area contributed by atoms with Crippen molar-refractivity contribution in [1.82, 2.24) is 0 Å². The summed E-state index contributed by atoms with van der Waals surface area (Å²) in [6.45, 7) is 9.14. The van der Waals surface area contributed by atoms with E-state index in [-0.39, 0.29) is 0 Å². The van der Waals surface area contributed by atoms with Gasteiger partial charge >= 0.3 is 0 Å². The van der Waals surface area contributed by atoms with Crippen LogP contribution in [0, 0.1) is 0 Å². The Balaban J connectivity index is 0.000000225. The van der Waals surface area contributed by atoms with Gasteiger partial charge in [0.2, 0.25) is 0 Å². The van der Waals surface area contributed by atoms with E-state index >= 15 is 0 Å². The molecular formula is C27H30O3. The van der Waals surface area contributed by atoms with Crippen molar-refractivity contribution < 1.29 is 15.3 Å². The highest BCUT2D eigenvalue weighted by atomic mass is 16.3. The second-order valence-electron chi connectivity index (χ2n) is 6.38. The van der Waals surface area contributed by atoms with Crippen LogP contribution in [-0.2, 0) is 12.8 Å². The third-order valence-electron chi connectivity index (χ3n) is 3.89. The van der Waals surface area contributed by atoms with Crippen molar-refractivity contribution in [2.75, 3.05) is 0 Å². The number of benzene rings is 3. The molecule has 0 radical (unpaired) electrons. The Morgan fingerprint density at radius 2 is 1.33 bits per heavy atom. The quantitative estimate of drug-likeness (QED) is 0.418. The number of phenols is 3. The summed E-state index contributed by atoms with van der Waals surface area (Å²) in [5.74, 6) is 0.966. The number of phenolic OH excluding ortho intramolecular Hbond substituents is 3. The van der Waals surface area contributed by atoms with Crippen molar-refractivity contribution in [2.45, 2.75) is 19.8 Å². The molecule has 3 aromatic carbocycles. The van der Waals surface area contributed by atoms with E-state index in [1.807, 2.05) is 73.7 Å². The van der Waals surface area contributed by atoms with Gasteiger partial charge in [-0.1, -0.05) is 66.8 Å². The van der Waals surface area contributed by atoms with Gasteiger partial charge in [-0.25, -0.2) is 0 Å². The molecule has 0 spiro atoms. The molecule has 3 aromatic rings. The Morgan fingerprint density at radius 3 is 1.90 bits per heavy atom. The zero-order valence-corrected chi connectivity index (χ0v) is 17.4. The number of allylic oxidation sites excluding steroid dienone is 3. The van der Waals surface area contributed by atoms with Gasteiger partial charge in [-0.3, -0.25) is 0 Å². The number of para-hydroxylation sites is 1. The Bertz CT molecular complexity index is 925. The van der Waals surface area contributed by atoms with Gasteiger partial charge < -0.3 is 15.3 Å². The van der Waals surface area contributed by atoms with E-state index in [2.05, 4.69) is 13.2 Å². The molecule has 30 heavy (non-hydrogen) atoms. The minimum atomic E-state index is 0.313. The van der Waals surface area contributed by atoms with Gasteiger partial charge in [-0.05, 0) is 61.2 Å². The van der Waals surface area contributed by atoms with E-state index in [9.17, 15) is 5.11 Å². The van der Waals surface area contributed by atoms with Crippen molar-refractivity contribution in [3.63, 3.8) is 0 Å². The fourth-order valence-electron chi connectivity index (χ4n) is 2.46. The summed E-state index contributed by atoms with van der Waals surface area (Å²) in [7, 11) is 0. The fraction of sp³-hybridized carbons (Fsp3) is 0.111. The SMILES string of the molecule is C/C=C\c1ccccc1O.C=CCc1ccc(O)cc1.C=CCc1cccc(O)c1. The van der Waals surface area contributed by atoms with E-state index in [4.69, 9.17) is 10.2 Å². The van der Waals surface area contributed by atoms with E-state index in [1.54, 1.807) is 30.3 Å². The first-order valence-corrected chi connectivity index (χ1v) is 9.68. The molecule has 0 atom stereocenters. The molecule has 0 aromatic heterocycles. The number of hydrogen-bond donors (Lipinski definition) is 3. The zero-order chi connectivity index (χ0) is 22.2. The summed E-state index contributed by atoms with van der Waals surface area (Å²) in [6, 6.07) is 21.6. The van der Waals surface area contributed by atoms with Crippen LogP contribution in [0.1, 0.15) is 23.6 Å². The molecule has 0 aliphatic heterocycles. The summed E-state index contributed by atoms with van der Waals surface area (Å²) in [5, 5.41) is 27.1. The van der Waals surface area contributed by atoms with Gasteiger partial charge in [0.25, 0.3) is 0 Å². The highest BCUT2D eigenvalue weighted by Crippen LogP contribution is 2.16. The number of rotatable bonds is 5. The highest BCUT2D eigenvalue weighted by Gasteiger charge is 1.91. The average Bonchev–Trinajstić information content (AvgIpc) is 2.73. The van der Waals surface area contributed by atoms with E-state index < -0.39 is 0 Å². The molecule has 3 nitrogen and oxygen atoms in total. The van der Waals surface area contributed by atoms with Crippen molar-refractivity contribution >= 4 is 6.08 Å². The average molecular weight is 403 g/mol. The summed E-state index contributed by atoms with van der Waals surface area (Å²) in [4.78, 5) is 0. The van der Waals surface area contributed by atoms with E-state index in [0.717, 1.165) is 24.0 Å². The molecule has 0 aliphatic carbocycles. The molecule has 0 unspecified atom stereocenters. The molecule has 0 heterocycles. The molecule has 0 saturated heterocycles. The van der Waals surface area contributed by atoms with Gasteiger partial charge in [0.05, 0.1) is 0 Å². The van der Waals surface area contributed by atoms with Crippen molar-refractivity contribution in [1.29, 1.82) is 0 Å². The number of aromatic hydroxyl groups is 3. The van der Waals surface area contributed by atoms with Crippen LogP contribution in [0.15, 0.2) is 104 Å². The molecular weight excluding hydrogens is 372 g/mol. The minimum Gasteiger partial charge on any atom is -0.508 e.